The van der Waals surface area contributed by atoms with Gasteiger partial charge in [0.25, 0.3) is 0 Å². The molecule has 17 heavy (non-hydrogen) atoms. The maximum absolute atomic E-state index is 11.6. The number of nitrogen functional groups attached to an aromatic ring is 1. The normalized spacial score (nSPS) is 14.6. The SMILES string of the molecule is Cl.Nc1ccc(NC(=O)CCC2CCC2)cn1. The zero-order valence-corrected chi connectivity index (χ0v) is 10.5. The van der Waals surface area contributed by atoms with E-state index in [0.717, 1.165) is 12.3 Å². The molecule has 1 heterocycles. The predicted molar refractivity (Wildman–Crippen MR) is 71.1 cm³/mol. The van der Waals surface area contributed by atoms with Crippen molar-refractivity contribution in [1.29, 1.82) is 0 Å². The Morgan fingerprint density at radius 1 is 1.47 bits per heavy atom. The van der Waals surface area contributed by atoms with E-state index >= 15 is 0 Å². The van der Waals surface area contributed by atoms with Gasteiger partial charge >= 0.3 is 0 Å². The van der Waals surface area contributed by atoms with Gasteiger partial charge in [-0.3, -0.25) is 4.79 Å². The summed E-state index contributed by atoms with van der Waals surface area (Å²) in [6.07, 6.45) is 7.10. The summed E-state index contributed by atoms with van der Waals surface area (Å²) in [5.74, 6) is 1.31. The first-order chi connectivity index (χ1) is 7.74. The van der Waals surface area contributed by atoms with E-state index in [1.807, 2.05) is 0 Å². The fourth-order valence-electron chi connectivity index (χ4n) is 1.82. The molecule has 1 aromatic rings. The molecule has 0 bridgehead atoms. The second kappa shape index (κ2) is 6.45. The maximum atomic E-state index is 11.6. The van der Waals surface area contributed by atoms with Gasteiger partial charge in [0, 0.05) is 6.42 Å². The van der Waals surface area contributed by atoms with E-state index in [0.29, 0.717) is 17.9 Å². The Hall–Kier alpha value is -1.29. The van der Waals surface area contributed by atoms with Gasteiger partial charge < -0.3 is 11.1 Å². The van der Waals surface area contributed by atoms with Crippen LogP contribution < -0.4 is 11.1 Å². The number of nitrogens with two attached hydrogens (primary N) is 1. The largest absolute Gasteiger partial charge is 0.384 e. The average molecular weight is 256 g/mol. The number of halogens is 1. The summed E-state index contributed by atoms with van der Waals surface area (Å²) in [5, 5.41) is 2.82. The van der Waals surface area contributed by atoms with Crippen LogP contribution >= 0.6 is 12.4 Å². The Morgan fingerprint density at radius 2 is 2.24 bits per heavy atom. The summed E-state index contributed by atoms with van der Waals surface area (Å²) in [4.78, 5) is 15.5. The molecule has 0 spiro atoms. The lowest BCUT2D eigenvalue weighted by Crippen LogP contribution is -2.17. The van der Waals surface area contributed by atoms with Crippen LogP contribution in [0.1, 0.15) is 32.1 Å². The van der Waals surface area contributed by atoms with Crippen LogP contribution in [-0.4, -0.2) is 10.9 Å². The minimum Gasteiger partial charge on any atom is -0.384 e. The first kappa shape index (κ1) is 13.8. The van der Waals surface area contributed by atoms with Gasteiger partial charge in [0.1, 0.15) is 5.82 Å². The highest BCUT2D eigenvalue weighted by atomic mass is 35.5. The van der Waals surface area contributed by atoms with E-state index in [-0.39, 0.29) is 18.3 Å². The monoisotopic (exact) mass is 255 g/mol. The number of carbonyl (C=O) groups excluding carboxylic acids is 1. The van der Waals surface area contributed by atoms with Gasteiger partial charge in [-0.05, 0) is 24.5 Å². The number of amides is 1. The molecule has 0 aromatic carbocycles. The highest BCUT2D eigenvalue weighted by Crippen LogP contribution is 2.30. The summed E-state index contributed by atoms with van der Waals surface area (Å²) in [6, 6.07) is 3.45. The quantitative estimate of drug-likeness (QED) is 0.869. The molecule has 4 nitrogen and oxygen atoms in total. The van der Waals surface area contributed by atoms with Gasteiger partial charge in [-0.15, -0.1) is 12.4 Å². The van der Waals surface area contributed by atoms with Crippen molar-refractivity contribution >= 4 is 29.8 Å². The topological polar surface area (TPSA) is 68.0 Å². The third-order valence-electron chi connectivity index (χ3n) is 3.07. The number of hydrogen-bond acceptors (Lipinski definition) is 3. The second-order valence-electron chi connectivity index (χ2n) is 4.36. The van der Waals surface area contributed by atoms with E-state index in [4.69, 9.17) is 5.73 Å². The maximum Gasteiger partial charge on any atom is 0.224 e. The summed E-state index contributed by atoms with van der Waals surface area (Å²) < 4.78 is 0. The fourth-order valence-corrected chi connectivity index (χ4v) is 1.82. The first-order valence-electron chi connectivity index (χ1n) is 5.75. The second-order valence-corrected chi connectivity index (χ2v) is 4.36. The Bertz CT molecular complexity index is 363. The van der Waals surface area contributed by atoms with E-state index in [1.165, 1.54) is 19.3 Å². The molecule has 94 valence electrons. The van der Waals surface area contributed by atoms with E-state index in [9.17, 15) is 4.79 Å². The van der Waals surface area contributed by atoms with Crippen molar-refractivity contribution in [3.63, 3.8) is 0 Å². The third-order valence-corrected chi connectivity index (χ3v) is 3.07. The standard InChI is InChI=1S/C12H17N3O.ClH/c13-11-6-5-10(8-14-11)15-12(16)7-4-9-2-1-3-9;/h5-6,8-9H,1-4,7H2,(H2,13,14)(H,15,16);1H. The molecular weight excluding hydrogens is 238 g/mol. The van der Waals surface area contributed by atoms with Gasteiger partial charge in [0.2, 0.25) is 5.91 Å². The fraction of sp³-hybridized carbons (Fsp3) is 0.500. The molecule has 0 saturated heterocycles. The van der Waals surface area contributed by atoms with Crippen LogP contribution in [0.2, 0.25) is 0 Å². The lowest BCUT2D eigenvalue weighted by molar-refractivity contribution is -0.116. The Kier molecular flexibility index (Phi) is 5.22. The lowest BCUT2D eigenvalue weighted by Gasteiger charge is -2.24. The first-order valence-corrected chi connectivity index (χ1v) is 5.75. The van der Waals surface area contributed by atoms with E-state index in [2.05, 4.69) is 10.3 Å². The molecule has 1 aliphatic carbocycles. The molecule has 0 unspecified atom stereocenters. The minimum atomic E-state index is 0. The average Bonchev–Trinajstić information content (AvgIpc) is 2.19. The lowest BCUT2D eigenvalue weighted by atomic mass is 9.82. The molecule has 3 N–H and O–H groups in total. The number of hydrogen-bond donors (Lipinski definition) is 2. The highest BCUT2D eigenvalue weighted by Gasteiger charge is 2.18. The molecule has 1 fully saturated rings. The smallest absolute Gasteiger partial charge is 0.224 e. The molecule has 2 rings (SSSR count). The number of nitrogens with zero attached hydrogens (tertiary/aromatic N) is 1. The number of pyridine rings is 1. The molecule has 5 heteroatoms. The summed E-state index contributed by atoms with van der Waals surface area (Å²) in [7, 11) is 0. The van der Waals surface area contributed by atoms with Crippen LogP contribution in [0.5, 0.6) is 0 Å². The third kappa shape index (κ3) is 4.23. The molecule has 1 aliphatic rings. The van der Waals surface area contributed by atoms with E-state index in [1.54, 1.807) is 18.3 Å². The molecule has 0 atom stereocenters. The zero-order valence-electron chi connectivity index (χ0n) is 9.69. The van der Waals surface area contributed by atoms with Crippen LogP contribution in [0, 0.1) is 5.92 Å². The zero-order chi connectivity index (χ0) is 11.4. The minimum absolute atomic E-state index is 0. The number of carbonyl (C=O) groups is 1. The number of anilines is 2. The van der Waals surface area contributed by atoms with Crippen LogP contribution in [0.15, 0.2) is 18.3 Å². The van der Waals surface area contributed by atoms with Gasteiger partial charge in [-0.25, -0.2) is 4.98 Å². The number of aromatic nitrogens is 1. The van der Waals surface area contributed by atoms with Crippen molar-refractivity contribution in [1.82, 2.24) is 4.98 Å². The Balaban J connectivity index is 0.00000144. The van der Waals surface area contributed by atoms with E-state index < -0.39 is 0 Å². The van der Waals surface area contributed by atoms with Crippen molar-refractivity contribution in [2.24, 2.45) is 5.92 Å². The van der Waals surface area contributed by atoms with Crippen LogP contribution in [0.3, 0.4) is 0 Å². The van der Waals surface area contributed by atoms with Crippen molar-refractivity contribution in [3.8, 4) is 0 Å². The van der Waals surface area contributed by atoms with Crippen LogP contribution in [0.4, 0.5) is 11.5 Å². The molecule has 1 saturated carbocycles. The molecule has 0 aliphatic heterocycles. The summed E-state index contributed by atoms with van der Waals surface area (Å²) in [6.45, 7) is 0. The Labute approximate surface area is 107 Å². The van der Waals surface area contributed by atoms with Crippen molar-refractivity contribution in [3.05, 3.63) is 18.3 Å². The molecular formula is C12H18ClN3O. The number of rotatable bonds is 4. The summed E-state index contributed by atoms with van der Waals surface area (Å²) in [5.41, 5.74) is 6.17. The van der Waals surface area contributed by atoms with Gasteiger partial charge in [-0.1, -0.05) is 19.3 Å². The van der Waals surface area contributed by atoms with Gasteiger partial charge in [0.05, 0.1) is 11.9 Å². The highest BCUT2D eigenvalue weighted by molar-refractivity contribution is 5.90. The van der Waals surface area contributed by atoms with Crippen LogP contribution in [0.25, 0.3) is 0 Å². The molecule has 1 amide bonds. The number of nitrogens with one attached hydrogen (secondary N) is 1. The summed E-state index contributed by atoms with van der Waals surface area (Å²) >= 11 is 0. The van der Waals surface area contributed by atoms with Crippen LogP contribution in [-0.2, 0) is 4.79 Å². The van der Waals surface area contributed by atoms with Crippen molar-refractivity contribution in [2.75, 3.05) is 11.1 Å². The van der Waals surface area contributed by atoms with Gasteiger partial charge in [0.15, 0.2) is 0 Å². The Morgan fingerprint density at radius 3 is 2.76 bits per heavy atom. The van der Waals surface area contributed by atoms with Crippen molar-refractivity contribution in [2.45, 2.75) is 32.1 Å². The molecule has 0 radical (unpaired) electrons. The van der Waals surface area contributed by atoms with Gasteiger partial charge in [-0.2, -0.15) is 0 Å². The molecule has 1 aromatic heterocycles. The predicted octanol–water partition coefficient (Wildman–Crippen LogP) is 2.60. The van der Waals surface area contributed by atoms with Crippen molar-refractivity contribution < 1.29 is 4.79 Å².